The first-order valence-corrected chi connectivity index (χ1v) is 13.2. The summed E-state index contributed by atoms with van der Waals surface area (Å²) < 4.78 is 48.1. The van der Waals surface area contributed by atoms with Gasteiger partial charge in [-0.05, 0) is 44.2 Å². The van der Waals surface area contributed by atoms with E-state index < -0.39 is 40.2 Å². The van der Waals surface area contributed by atoms with Crippen molar-refractivity contribution in [3.63, 3.8) is 0 Å². The molecule has 0 saturated heterocycles. The third kappa shape index (κ3) is 6.65. The molecule has 0 bridgehead atoms. The third-order valence-electron chi connectivity index (χ3n) is 5.77. The highest BCUT2D eigenvalue weighted by atomic mass is 32.2. The van der Waals surface area contributed by atoms with E-state index in [-0.39, 0.29) is 22.7 Å². The highest BCUT2D eigenvalue weighted by molar-refractivity contribution is 7.92. The lowest BCUT2D eigenvalue weighted by Crippen LogP contribution is -2.51. The molecule has 0 spiro atoms. The summed E-state index contributed by atoms with van der Waals surface area (Å²) >= 11 is 0. The Morgan fingerprint density at radius 2 is 1.68 bits per heavy atom. The maximum atomic E-state index is 14.5. The first-order chi connectivity index (χ1) is 17.7. The van der Waals surface area contributed by atoms with Crippen LogP contribution in [-0.4, -0.2) is 51.4 Å². The lowest BCUT2D eigenvalue weighted by atomic mass is 10.1. The van der Waals surface area contributed by atoms with Crippen LogP contribution in [0.2, 0.25) is 0 Å². The van der Waals surface area contributed by atoms with Crippen molar-refractivity contribution < 1.29 is 27.1 Å². The zero-order chi connectivity index (χ0) is 27.0. The van der Waals surface area contributed by atoms with Crippen molar-refractivity contribution in [1.82, 2.24) is 10.2 Å². The highest BCUT2D eigenvalue weighted by Gasteiger charge is 2.32. The lowest BCUT2D eigenvalue weighted by Gasteiger charge is -2.32. The number of hydrogen-bond acceptors (Lipinski definition) is 5. The molecule has 3 aromatic rings. The molecular formula is C27H30FN3O5S. The van der Waals surface area contributed by atoms with Gasteiger partial charge in [-0.25, -0.2) is 12.8 Å². The molecule has 3 aromatic carbocycles. The number of ether oxygens (including phenoxy) is 1. The molecule has 1 N–H and O–H groups in total. The van der Waals surface area contributed by atoms with Crippen molar-refractivity contribution in [2.45, 2.75) is 31.3 Å². The van der Waals surface area contributed by atoms with Gasteiger partial charge in [0.2, 0.25) is 11.8 Å². The van der Waals surface area contributed by atoms with E-state index in [0.717, 1.165) is 4.31 Å². The predicted octanol–water partition coefficient (Wildman–Crippen LogP) is 3.58. The van der Waals surface area contributed by atoms with Crippen molar-refractivity contribution in [1.29, 1.82) is 0 Å². The Morgan fingerprint density at radius 1 is 1.00 bits per heavy atom. The quantitative estimate of drug-likeness (QED) is 0.411. The molecule has 0 fully saturated rings. The van der Waals surface area contributed by atoms with E-state index in [1.807, 2.05) is 0 Å². The van der Waals surface area contributed by atoms with Crippen LogP contribution in [0.4, 0.5) is 10.1 Å². The number of carbonyl (C=O) groups is 2. The van der Waals surface area contributed by atoms with E-state index in [9.17, 15) is 22.4 Å². The minimum absolute atomic E-state index is 0.0111. The minimum Gasteiger partial charge on any atom is -0.497 e. The number of benzene rings is 3. The Morgan fingerprint density at radius 3 is 2.32 bits per heavy atom. The molecule has 1 unspecified atom stereocenters. The van der Waals surface area contributed by atoms with Crippen molar-refractivity contribution in [3.05, 3.63) is 90.2 Å². The summed E-state index contributed by atoms with van der Waals surface area (Å²) in [6.07, 6.45) is 0. The van der Waals surface area contributed by atoms with Gasteiger partial charge >= 0.3 is 0 Å². The molecule has 0 radical (unpaired) electrons. The molecule has 8 nitrogen and oxygen atoms in total. The summed E-state index contributed by atoms with van der Waals surface area (Å²) in [6.45, 7) is 2.75. The first-order valence-electron chi connectivity index (χ1n) is 11.7. The normalized spacial score (nSPS) is 11.9. The molecule has 0 aromatic heterocycles. The van der Waals surface area contributed by atoms with E-state index in [1.165, 1.54) is 55.3 Å². The highest BCUT2D eigenvalue weighted by Crippen LogP contribution is 2.27. The number of nitrogens with zero attached hydrogens (tertiary/aromatic N) is 2. The van der Waals surface area contributed by atoms with E-state index in [4.69, 9.17) is 4.74 Å². The van der Waals surface area contributed by atoms with Crippen molar-refractivity contribution in [2.24, 2.45) is 0 Å². The minimum atomic E-state index is -4.19. The summed E-state index contributed by atoms with van der Waals surface area (Å²) in [7, 11) is -2.74. The third-order valence-corrected chi connectivity index (χ3v) is 7.56. The smallest absolute Gasteiger partial charge is 0.264 e. The van der Waals surface area contributed by atoms with Crippen molar-refractivity contribution in [3.8, 4) is 5.75 Å². The van der Waals surface area contributed by atoms with Crippen LogP contribution < -0.4 is 14.4 Å². The van der Waals surface area contributed by atoms with Gasteiger partial charge in [0, 0.05) is 24.7 Å². The summed E-state index contributed by atoms with van der Waals surface area (Å²) in [5.74, 6) is -1.25. The second-order valence-electron chi connectivity index (χ2n) is 8.21. The monoisotopic (exact) mass is 527 g/mol. The number of carbonyl (C=O) groups excluding carboxylic acids is 2. The maximum absolute atomic E-state index is 14.5. The Kier molecular flexibility index (Phi) is 9.24. The van der Waals surface area contributed by atoms with Gasteiger partial charge in [-0.3, -0.25) is 13.9 Å². The molecule has 196 valence electrons. The molecule has 0 aliphatic heterocycles. The van der Waals surface area contributed by atoms with Crippen LogP contribution in [0.5, 0.6) is 5.75 Å². The fourth-order valence-electron chi connectivity index (χ4n) is 3.73. The predicted molar refractivity (Wildman–Crippen MR) is 139 cm³/mol. The molecule has 0 saturated carbocycles. The van der Waals surface area contributed by atoms with Crippen LogP contribution in [0.1, 0.15) is 19.4 Å². The van der Waals surface area contributed by atoms with Gasteiger partial charge in [-0.15, -0.1) is 0 Å². The molecule has 2 amide bonds. The Balaban J connectivity index is 2.05. The second kappa shape index (κ2) is 12.4. The van der Waals surface area contributed by atoms with Crippen LogP contribution >= 0.6 is 0 Å². The fraction of sp³-hybridized carbons (Fsp3) is 0.259. The molecule has 0 aliphatic rings. The van der Waals surface area contributed by atoms with Crippen LogP contribution in [0.3, 0.4) is 0 Å². The number of halogens is 1. The van der Waals surface area contributed by atoms with Crippen molar-refractivity contribution in [2.75, 3.05) is 24.5 Å². The van der Waals surface area contributed by atoms with Gasteiger partial charge in [0.15, 0.2) is 0 Å². The Labute approximate surface area is 216 Å². The molecule has 1 atom stereocenters. The van der Waals surface area contributed by atoms with E-state index in [0.29, 0.717) is 12.3 Å². The summed E-state index contributed by atoms with van der Waals surface area (Å²) in [5.41, 5.74) is 0.402. The van der Waals surface area contributed by atoms with Crippen LogP contribution in [0.25, 0.3) is 0 Å². The number of likely N-dealkylation sites (N-methyl/N-ethyl adjacent to an activating group) is 1. The van der Waals surface area contributed by atoms with Gasteiger partial charge in [0.05, 0.1) is 17.7 Å². The van der Waals surface area contributed by atoms with Crippen molar-refractivity contribution >= 4 is 27.5 Å². The van der Waals surface area contributed by atoms with E-state index >= 15 is 0 Å². The molecule has 0 aliphatic carbocycles. The zero-order valence-electron chi connectivity index (χ0n) is 20.9. The summed E-state index contributed by atoms with van der Waals surface area (Å²) in [6, 6.07) is 19.0. The van der Waals surface area contributed by atoms with Gasteiger partial charge in [0.25, 0.3) is 10.0 Å². The van der Waals surface area contributed by atoms with E-state index in [2.05, 4.69) is 5.32 Å². The van der Waals surface area contributed by atoms with Gasteiger partial charge in [-0.1, -0.05) is 42.5 Å². The second-order valence-corrected chi connectivity index (χ2v) is 10.1. The number of anilines is 1. The summed E-state index contributed by atoms with van der Waals surface area (Å²) in [4.78, 5) is 27.6. The Bertz CT molecular complexity index is 1330. The molecule has 10 heteroatoms. The average molecular weight is 528 g/mol. The van der Waals surface area contributed by atoms with Crippen LogP contribution in [-0.2, 0) is 26.2 Å². The maximum Gasteiger partial charge on any atom is 0.264 e. The first kappa shape index (κ1) is 27.7. The molecule has 3 rings (SSSR count). The number of hydrogen-bond donors (Lipinski definition) is 1. The van der Waals surface area contributed by atoms with Gasteiger partial charge in [-0.2, -0.15) is 0 Å². The topological polar surface area (TPSA) is 96.0 Å². The van der Waals surface area contributed by atoms with E-state index in [1.54, 1.807) is 49.4 Å². The number of rotatable bonds is 11. The molecule has 37 heavy (non-hydrogen) atoms. The largest absolute Gasteiger partial charge is 0.497 e. The molecule has 0 heterocycles. The lowest BCUT2D eigenvalue weighted by molar-refractivity contribution is -0.139. The fourth-order valence-corrected chi connectivity index (χ4v) is 5.16. The Hall–Kier alpha value is -3.92. The standard InChI is InChI=1S/C27H30FN3O5S/c1-4-29-27(33)20(2)30(18-21-11-8-9-16-25(21)28)26(32)19-31(22-12-10-13-23(17-22)36-3)37(34,35)24-14-6-5-7-15-24/h5-17,20H,4,18-19H2,1-3H3,(H,29,33). The summed E-state index contributed by atoms with van der Waals surface area (Å²) in [5, 5.41) is 2.66. The zero-order valence-corrected chi connectivity index (χ0v) is 21.7. The number of methoxy groups -OCH3 is 1. The number of sulfonamides is 1. The molecular weight excluding hydrogens is 497 g/mol. The van der Waals surface area contributed by atoms with Gasteiger partial charge < -0.3 is 15.0 Å². The van der Waals surface area contributed by atoms with Gasteiger partial charge in [0.1, 0.15) is 24.2 Å². The van der Waals surface area contributed by atoms with Crippen LogP contribution in [0.15, 0.2) is 83.8 Å². The van der Waals surface area contributed by atoms with Crippen LogP contribution in [0, 0.1) is 5.82 Å². The number of nitrogens with one attached hydrogen (secondary N) is 1. The average Bonchev–Trinajstić information content (AvgIpc) is 2.91. The SMILES string of the molecule is CCNC(=O)C(C)N(Cc1ccccc1F)C(=O)CN(c1cccc(OC)c1)S(=O)(=O)c1ccccc1. The number of amides is 2.